The zero-order valence-electron chi connectivity index (χ0n) is 10.9. The number of nitrogens with zero attached hydrogens (tertiary/aromatic N) is 1. The Morgan fingerprint density at radius 1 is 1.18 bits per heavy atom. The van der Waals surface area contributed by atoms with E-state index in [1.54, 1.807) is 0 Å². The molecule has 1 aromatic carbocycles. The lowest BCUT2D eigenvalue weighted by Crippen LogP contribution is -2.36. The molecule has 94 valence electrons. The Bertz CT molecular complexity index is 304. The summed E-state index contributed by atoms with van der Waals surface area (Å²) < 4.78 is 0. The molecular weight excluding hydrogens is 208 g/mol. The highest BCUT2D eigenvalue weighted by atomic mass is 15.1. The predicted octanol–water partition coefficient (Wildman–Crippen LogP) is 3.05. The van der Waals surface area contributed by atoms with Gasteiger partial charge in [-0.15, -0.1) is 0 Å². The summed E-state index contributed by atoms with van der Waals surface area (Å²) in [6.07, 6.45) is 5.57. The second-order valence-electron chi connectivity index (χ2n) is 4.85. The molecule has 0 saturated heterocycles. The number of rotatable bonds is 6. The number of likely N-dealkylation sites (N-methyl/N-ethyl adjacent to an activating group) is 1. The minimum atomic E-state index is 0.782. The Balaban J connectivity index is 1.75. The number of para-hydroxylation sites is 1. The van der Waals surface area contributed by atoms with Crippen molar-refractivity contribution < 1.29 is 0 Å². The summed E-state index contributed by atoms with van der Waals surface area (Å²) >= 11 is 0. The van der Waals surface area contributed by atoms with Gasteiger partial charge in [0.1, 0.15) is 0 Å². The summed E-state index contributed by atoms with van der Waals surface area (Å²) in [5.41, 5.74) is 1.34. The van der Waals surface area contributed by atoms with Gasteiger partial charge in [-0.2, -0.15) is 0 Å². The van der Waals surface area contributed by atoms with Crippen LogP contribution >= 0.6 is 0 Å². The third-order valence-corrected chi connectivity index (χ3v) is 3.67. The smallest absolute Gasteiger partial charge is 0.0366 e. The van der Waals surface area contributed by atoms with Crippen LogP contribution in [0.3, 0.4) is 0 Å². The number of nitrogens with one attached hydrogen (secondary N) is 1. The molecule has 0 unspecified atom stereocenters. The lowest BCUT2D eigenvalue weighted by Gasteiger charge is -2.24. The Labute approximate surface area is 105 Å². The van der Waals surface area contributed by atoms with Crippen molar-refractivity contribution in [2.45, 2.75) is 38.6 Å². The number of anilines is 1. The highest BCUT2D eigenvalue weighted by Gasteiger charge is 2.13. The van der Waals surface area contributed by atoms with E-state index in [0.29, 0.717) is 0 Å². The van der Waals surface area contributed by atoms with Gasteiger partial charge in [0.2, 0.25) is 0 Å². The van der Waals surface area contributed by atoms with Crippen LogP contribution in [0.25, 0.3) is 0 Å². The maximum atomic E-state index is 3.67. The highest BCUT2D eigenvalue weighted by Crippen LogP contribution is 2.17. The molecule has 0 bridgehead atoms. The van der Waals surface area contributed by atoms with Crippen molar-refractivity contribution in [3.8, 4) is 0 Å². The maximum absolute atomic E-state index is 3.67. The van der Waals surface area contributed by atoms with E-state index in [2.05, 4.69) is 47.5 Å². The van der Waals surface area contributed by atoms with Gasteiger partial charge in [0.25, 0.3) is 0 Å². The van der Waals surface area contributed by atoms with Crippen LogP contribution in [0.1, 0.15) is 32.6 Å². The van der Waals surface area contributed by atoms with Gasteiger partial charge in [-0.3, -0.25) is 0 Å². The molecule has 0 atom stereocenters. The SMILES string of the molecule is CCN(CCNC1CCCC1)c1ccccc1. The molecule has 1 N–H and O–H groups in total. The fourth-order valence-electron chi connectivity index (χ4n) is 2.64. The third-order valence-electron chi connectivity index (χ3n) is 3.67. The van der Waals surface area contributed by atoms with E-state index in [9.17, 15) is 0 Å². The Morgan fingerprint density at radius 3 is 2.53 bits per heavy atom. The van der Waals surface area contributed by atoms with Crippen LogP contribution in [0.15, 0.2) is 30.3 Å². The standard InChI is InChI=1S/C15H24N2/c1-2-17(15-10-4-3-5-11-15)13-12-16-14-8-6-7-9-14/h3-5,10-11,14,16H,2,6-9,12-13H2,1H3. The van der Waals surface area contributed by atoms with Crippen molar-refractivity contribution in [3.63, 3.8) is 0 Å². The highest BCUT2D eigenvalue weighted by molar-refractivity contribution is 5.45. The van der Waals surface area contributed by atoms with Crippen LogP contribution in [0.4, 0.5) is 5.69 Å². The van der Waals surface area contributed by atoms with E-state index in [0.717, 1.165) is 25.7 Å². The van der Waals surface area contributed by atoms with Crippen molar-refractivity contribution in [2.75, 3.05) is 24.5 Å². The van der Waals surface area contributed by atoms with Crippen LogP contribution in [0.5, 0.6) is 0 Å². The molecule has 1 aliphatic carbocycles. The van der Waals surface area contributed by atoms with E-state index >= 15 is 0 Å². The molecular formula is C15H24N2. The molecule has 0 radical (unpaired) electrons. The van der Waals surface area contributed by atoms with Crippen LogP contribution in [0, 0.1) is 0 Å². The van der Waals surface area contributed by atoms with Gasteiger partial charge in [0, 0.05) is 31.4 Å². The minimum Gasteiger partial charge on any atom is -0.371 e. The lowest BCUT2D eigenvalue weighted by atomic mass is 10.2. The maximum Gasteiger partial charge on any atom is 0.0366 e. The van der Waals surface area contributed by atoms with Crippen LogP contribution in [0.2, 0.25) is 0 Å². The molecule has 2 rings (SSSR count). The molecule has 1 fully saturated rings. The first-order valence-electron chi connectivity index (χ1n) is 6.93. The predicted molar refractivity (Wildman–Crippen MR) is 74.6 cm³/mol. The molecule has 0 spiro atoms. The van der Waals surface area contributed by atoms with Gasteiger partial charge in [-0.25, -0.2) is 0 Å². The van der Waals surface area contributed by atoms with Gasteiger partial charge in [0.05, 0.1) is 0 Å². The summed E-state index contributed by atoms with van der Waals surface area (Å²) in [6, 6.07) is 11.5. The van der Waals surface area contributed by atoms with Crippen molar-refractivity contribution in [3.05, 3.63) is 30.3 Å². The van der Waals surface area contributed by atoms with Crippen molar-refractivity contribution in [2.24, 2.45) is 0 Å². The zero-order chi connectivity index (χ0) is 11.9. The Kier molecular flexibility index (Phi) is 4.87. The first-order chi connectivity index (χ1) is 8.40. The topological polar surface area (TPSA) is 15.3 Å². The molecule has 0 aliphatic heterocycles. The number of benzene rings is 1. The zero-order valence-corrected chi connectivity index (χ0v) is 10.9. The summed E-state index contributed by atoms with van der Waals surface area (Å²) in [6.45, 7) is 5.52. The fourth-order valence-corrected chi connectivity index (χ4v) is 2.64. The normalized spacial score (nSPS) is 16.3. The molecule has 0 amide bonds. The average molecular weight is 232 g/mol. The first-order valence-corrected chi connectivity index (χ1v) is 6.93. The van der Waals surface area contributed by atoms with Gasteiger partial charge in [0.15, 0.2) is 0 Å². The van der Waals surface area contributed by atoms with E-state index in [1.165, 1.54) is 31.4 Å². The van der Waals surface area contributed by atoms with Crippen molar-refractivity contribution in [1.29, 1.82) is 0 Å². The molecule has 1 aromatic rings. The second kappa shape index (κ2) is 6.65. The molecule has 1 aliphatic rings. The Hall–Kier alpha value is -1.02. The number of hydrogen-bond acceptors (Lipinski definition) is 2. The van der Waals surface area contributed by atoms with E-state index in [4.69, 9.17) is 0 Å². The summed E-state index contributed by atoms with van der Waals surface area (Å²) in [5, 5.41) is 3.67. The average Bonchev–Trinajstić information content (AvgIpc) is 2.89. The third kappa shape index (κ3) is 3.74. The van der Waals surface area contributed by atoms with Crippen molar-refractivity contribution >= 4 is 5.69 Å². The molecule has 2 heteroatoms. The van der Waals surface area contributed by atoms with Crippen LogP contribution < -0.4 is 10.2 Å². The fraction of sp³-hybridized carbons (Fsp3) is 0.600. The monoisotopic (exact) mass is 232 g/mol. The van der Waals surface area contributed by atoms with Crippen molar-refractivity contribution in [1.82, 2.24) is 5.32 Å². The van der Waals surface area contributed by atoms with Gasteiger partial charge < -0.3 is 10.2 Å². The minimum absolute atomic E-state index is 0.782. The largest absolute Gasteiger partial charge is 0.371 e. The van der Waals surface area contributed by atoms with Crippen LogP contribution in [-0.2, 0) is 0 Å². The van der Waals surface area contributed by atoms with E-state index in [-0.39, 0.29) is 0 Å². The van der Waals surface area contributed by atoms with Gasteiger partial charge in [-0.1, -0.05) is 31.0 Å². The molecule has 0 aromatic heterocycles. The Morgan fingerprint density at radius 2 is 1.88 bits per heavy atom. The second-order valence-corrected chi connectivity index (χ2v) is 4.85. The summed E-state index contributed by atoms with van der Waals surface area (Å²) in [5.74, 6) is 0. The van der Waals surface area contributed by atoms with Gasteiger partial charge in [-0.05, 0) is 31.9 Å². The molecule has 1 saturated carbocycles. The quantitative estimate of drug-likeness (QED) is 0.811. The van der Waals surface area contributed by atoms with Gasteiger partial charge >= 0.3 is 0 Å². The van der Waals surface area contributed by atoms with Crippen LogP contribution in [-0.4, -0.2) is 25.7 Å². The van der Waals surface area contributed by atoms with E-state index < -0.39 is 0 Å². The molecule has 0 heterocycles. The summed E-state index contributed by atoms with van der Waals surface area (Å²) in [4.78, 5) is 2.43. The van der Waals surface area contributed by atoms with E-state index in [1.807, 2.05) is 0 Å². The molecule has 2 nitrogen and oxygen atoms in total. The molecule has 17 heavy (non-hydrogen) atoms. The summed E-state index contributed by atoms with van der Waals surface area (Å²) in [7, 11) is 0. The number of hydrogen-bond donors (Lipinski definition) is 1. The first kappa shape index (κ1) is 12.4. The lowest BCUT2D eigenvalue weighted by molar-refractivity contribution is 0.525.